The maximum Gasteiger partial charge on any atom is 0.326 e. The minimum Gasteiger partial charge on any atom is -0.481 e. The lowest BCUT2D eigenvalue weighted by Crippen LogP contribution is -2.33. The Morgan fingerprint density at radius 2 is 2.08 bits per heavy atom. The van der Waals surface area contributed by atoms with Crippen LogP contribution in [0.15, 0.2) is 12.3 Å². The predicted molar refractivity (Wildman–Crippen MR) is 46.2 cm³/mol. The molecule has 0 bridgehead atoms. The van der Waals surface area contributed by atoms with Crippen LogP contribution in [-0.4, -0.2) is 28.2 Å². The lowest BCUT2D eigenvalue weighted by molar-refractivity contribution is -0.140. The molecule has 1 atom stereocenters. The third-order valence-electron chi connectivity index (χ3n) is 1.41. The molecule has 0 fully saturated rings. The zero-order chi connectivity index (χ0) is 10.3. The highest BCUT2D eigenvalue weighted by molar-refractivity contribution is 5.75. The number of carboxylic acids is 2. The molecule has 3 N–H and O–H groups in total. The quantitative estimate of drug-likeness (QED) is 0.561. The number of carbonyl (C=O) groups is 2. The zero-order valence-electron chi connectivity index (χ0n) is 7.36. The molecular formula is C8H13NO4. The summed E-state index contributed by atoms with van der Waals surface area (Å²) in [5, 5.41) is 19.5. The largest absolute Gasteiger partial charge is 0.481 e. The van der Waals surface area contributed by atoms with Crippen molar-refractivity contribution in [3.8, 4) is 0 Å². The predicted octanol–water partition coefficient (Wildman–Crippen LogP) is 0.428. The summed E-state index contributed by atoms with van der Waals surface area (Å²) in [6, 6.07) is -0.827. The Labute approximate surface area is 76.1 Å². The van der Waals surface area contributed by atoms with Crippen molar-refractivity contribution < 1.29 is 19.8 Å². The minimum absolute atomic E-state index is 0.0784. The Balaban J connectivity index is 3.94. The van der Waals surface area contributed by atoms with Crippen molar-refractivity contribution in [1.82, 2.24) is 5.32 Å². The SMILES string of the molecule is CC=CN[C@@H](CCC(=O)O)C(=O)O. The maximum atomic E-state index is 10.5. The highest BCUT2D eigenvalue weighted by Crippen LogP contribution is 1.97. The van der Waals surface area contributed by atoms with Crippen LogP contribution < -0.4 is 5.32 Å². The van der Waals surface area contributed by atoms with Gasteiger partial charge in [-0.25, -0.2) is 4.79 Å². The number of hydrogen-bond acceptors (Lipinski definition) is 3. The summed E-state index contributed by atoms with van der Waals surface area (Å²) < 4.78 is 0. The number of carboxylic acid groups (broad SMARTS) is 2. The second-order valence-corrected chi connectivity index (χ2v) is 2.49. The van der Waals surface area contributed by atoms with Gasteiger partial charge in [-0.3, -0.25) is 4.79 Å². The lowest BCUT2D eigenvalue weighted by Gasteiger charge is -2.10. The molecule has 0 aromatic rings. The molecule has 0 heterocycles. The summed E-state index contributed by atoms with van der Waals surface area (Å²) >= 11 is 0. The second-order valence-electron chi connectivity index (χ2n) is 2.49. The summed E-state index contributed by atoms with van der Waals surface area (Å²) in [5.74, 6) is -2.03. The molecule has 0 aliphatic heterocycles. The van der Waals surface area contributed by atoms with E-state index < -0.39 is 18.0 Å². The highest BCUT2D eigenvalue weighted by atomic mass is 16.4. The number of hydrogen-bond donors (Lipinski definition) is 3. The van der Waals surface area contributed by atoms with Gasteiger partial charge in [-0.15, -0.1) is 0 Å². The van der Waals surface area contributed by atoms with Gasteiger partial charge in [-0.05, 0) is 19.5 Å². The van der Waals surface area contributed by atoms with Gasteiger partial charge in [0.2, 0.25) is 0 Å². The van der Waals surface area contributed by atoms with Gasteiger partial charge in [0.05, 0.1) is 0 Å². The van der Waals surface area contributed by atoms with E-state index in [0.717, 1.165) is 0 Å². The lowest BCUT2D eigenvalue weighted by atomic mass is 10.1. The van der Waals surface area contributed by atoms with Crippen LogP contribution >= 0.6 is 0 Å². The molecule has 0 radical (unpaired) electrons. The van der Waals surface area contributed by atoms with Gasteiger partial charge in [0.15, 0.2) is 0 Å². The van der Waals surface area contributed by atoms with E-state index in [2.05, 4.69) is 5.32 Å². The van der Waals surface area contributed by atoms with E-state index in [0.29, 0.717) is 0 Å². The first-order valence-electron chi connectivity index (χ1n) is 3.89. The number of nitrogens with one attached hydrogen (secondary N) is 1. The molecule has 0 saturated heterocycles. The van der Waals surface area contributed by atoms with Gasteiger partial charge >= 0.3 is 11.9 Å². The number of allylic oxidation sites excluding steroid dienone is 1. The molecule has 0 aromatic heterocycles. The van der Waals surface area contributed by atoms with Crippen molar-refractivity contribution in [1.29, 1.82) is 0 Å². The number of rotatable bonds is 6. The van der Waals surface area contributed by atoms with Crippen LogP contribution in [0.1, 0.15) is 19.8 Å². The maximum absolute atomic E-state index is 10.5. The standard InChI is InChI=1S/C8H13NO4/c1-2-5-9-6(8(12)13)3-4-7(10)11/h2,5-6,9H,3-4H2,1H3,(H,10,11)(H,12,13)/t6-/m0/s1. The average molecular weight is 187 g/mol. The third-order valence-corrected chi connectivity index (χ3v) is 1.41. The molecule has 0 unspecified atom stereocenters. The first-order chi connectivity index (χ1) is 6.07. The third kappa shape index (κ3) is 5.72. The van der Waals surface area contributed by atoms with Crippen molar-refractivity contribution >= 4 is 11.9 Å². The molecule has 0 spiro atoms. The molecule has 0 aliphatic carbocycles. The fourth-order valence-corrected chi connectivity index (χ4v) is 0.758. The second kappa shape index (κ2) is 6.05. The van der Waals surface area contributed by atoms with E-state index in [9.17, 15) is 9.59 Å². The van der Waals surface area contributed by atoms with E-state index in [1.807, 2.05) is 0 Å². The molecule has 0 saturated carbocycles. The van der Waals surface area contributed by atoms with E-state index in [1.165, 1.54) is 6.20 Å². The average Bonchev–Trinajstić information content (AvgIpc) is 2.03. The van der Waals surface area contributed by atoms with Gasteiger partial charge in [0, 0.05) is 6.42 Å². The summed E-state index contributed by atoms with van der Waals surface area (Å²) in [7, 11) is 0. The molecule has 13 heavy (non-hydrogen) atoms. The zero-order valence-corrected chi connectivity index (χ0v) is 7.36. The Morgan fingerprint density at radius 1 is 1.46 bits per heavy atom. The fourth-order valence-electron chi connectivity index (χ4n) is 0.758. The summed E-state index contributed by atoms with van der Waals surface area (Å²) in [6.07, 6.45) is 3.06. The first-order valence-corrected chi connectivity index (χ1v) is 3.89. The Bertz CT molecular complexity index is 212. The molecule has 0 amide bonds. The number of aliphatic carboxylic acids is 2. The van der Waals surface area contributed by atoms with Crippen molar-refractivity contribution in [2.45, 2.75) is 25.8 Å². The topological polar surface area (TPSA) is 86.6 Å². The Morgan fingerprint density at radius 3 is 2.46 bits per heavy atom. The molecule has 5 heteroatoms. The van der Waals surface area contributed by atoms with Crippen LogP contribution in [-0.2, 0) is 9.59 Å². The summed E-state index contributed by atoms with van der Waals surface area (Å²) in [4.78, 5) is 20.7. The smallest absolute Gasteiger partial charge is 0.326 e. The Kier molecular flexibility index (Phi) is 5.34. The highest BCUT2D eigenvalue weighted by Gasteiger charge is 2.16. The van der Waals surface area contributed by atoms with E-state index in [-0.39, 0.29) is 12.8 Å². The summed E-state index contributed by atoms with van der Waals surface area (Å²) in [5.41, 5.74) is 0. The van der Waals surface area contributed by atoms with E-state index in [1.54, 1.807) is 13.0 Å². The normalized spacial score (nSPS) is 12.7. The van der Waals surface area contributed by atoms with Gasteiger partial charge in [0.25, 0.3) is 0 Å². The van der Waals surface area contributed by atoms with Gasteiger partial charge in [0.1, 0.15) is 6.04 Å². The molecule has 0 aromatic carbocycles. The van der Waals surface area contributed by atoms with E-state index >= 15 is 0 Å². The van der Waals surface area contributed by atoms with Crippen LogP contribution in [0.5, 0.6) is 0 Å². The van der Waals surface area contributed by atoms with Crippen molar-refractivity contribution in [3.05, 3.63) is 12.3 Å². The van der Waals surface area contributed by atoms with Crippen LogP contribution in [0.25, 0.3) is 0 Å². The fraction of sp³-hybridized carbons (Fsp3) is 0.500. The van der Waals surface area contributed by atoms with Crippen molar-refractivity contribution in [2.75, 3.05) is 0 Å². The Hall–Kier alpha value is -1.52. The summed E-state index contributed by atoms with van der Waals surface area (Å²) in [6.45, 7) is 1.74. The monoisotopic (exact) mass is 187 g/mol. The van der Waals surface area contributed by atoms with Crippen LogP contribution in [0.4, 0.5) is 0 Å². The first kappa shape index (κ1) is 11.5. The molecule has 5 nitrogen and oxygen atoms in total. The van der Waals surface area contributed by atoms with Gasteiger partial charge < -0.3 is 15.5 Å². The van der Waals surface area contributed by atoms with Crippen molar-refractivity contribution in [2.24, 2.45) is 0 Å². The van der Waals surface area contributed by atoms with Gasteiger partial charge in [-0.2, -0.15) is 0 Å². The molecule has 0 rings (SSSR count). The van der Waals surface area contributed by atoms with E-state index in [4.69, 9.17) is 10.2 Å². The van der Waals surface area contributed by atoms with Crippen LogP contribution in [0, 0.1) is 0 Å². The van der Waals surface area contributed by atoms with Crippen LogP contribution in [0.2, 0.25) is 0 Å². The van der Waals surface area contributed by atoms with Gasteiger partial charge in [-0.1, -0.05) is 6.08 Å². The molecular weight excluding hydrogens is 174 g/mol. The van der Waals surface area contributed by atoms with Crippen LogP contribution in [0.3, 0.4) is 0 Å². The molecule has 74 valence electrons. The minimum atomic E-state index is -1.04. The van der Waals surface area contributed by atoms with Crippen molar-refractivity contribution in [3.63, 3.8) is 0 Å². The molecule has 0 aliphatic rings.